The normalized spacial score (nSPS) is 14.8. The van der Waals surface area contributed by atoms with Crippen molar-refractivity contribution >= 4 is 43.9 Å². The summed E-state index contributed by atoms with van der Waals surface area (Å²) in [5.41, 5.74) is 8.66. The van der Waals surface area contributed by atoms with Gasteiger partial charge in [0.15, 0.2) is 0 Å². The van der Waals surface area contributed by atoms with Crippen molar-refractivity contribution in [2.45, 2.75) is 26.2 Å². The van der Waals surface area contributed by atoms with Gasteiger partial charge in [-0.05, 0) is 55.7 Å². The molecule has 39 heavy (non-hydrogen) atoms. The van der Waals surface area contributed by atoms with Crippen LogP contribution in [0.3, 0.4) is 0 Å². The fourth-order valence-corrected chi connectivity index (χ4v) is 7.04. The Morgan fingerprint density at radius 3 is 2.54 bits per heavy atom. The number of fused-ring (bicyclic) bond motifs is 1. The third kappa shape index (κ3) is 5.01. The number of benzene rings is 2. The second kappa shape index (κ2) is 10.2. The zero-order valence-corrected chi connectivity index (χ0v) is 22.4. The van der Waals surface area contributed by atoms with Crippen molar-refractivity contribution in [3.63, 3.8) is 0 Å². The van der Waals surface area contributed by atoms with Crippen LogP contribution in [-0.4, -0.2) is 36.2 Å². The van der Waals surface area contributed by atoms with E-state index in [0.717, 1.165) is 19.3 Å². The topological polar surface area (TPSA) is 115 Å². The zero-order chi connectivity index (χ0) is 27.9. The van der Waals surface area contributed by atoms with Crippen molar-refractivity contribution in [3.8, 4) is 22.4 Å². The molecule has 1 aliphatic rings. The Morgan fingerprint density at radius 1 is 1.10 bits per heavy atom. The molecular weight excluding hydrogens is 522 g/mol. The first kappa shape index (κ1) is 26.5. The van der Waals surface area contributed by atoms with E-state index < -0.39 is 27.3 Å². The highest BCUT2D eigenvalue weighted by Gasteiger charge is 2.25. The monoisotopic (exact) mass is 550 g/mol. The fraction of sp³-hybridized carbons (Fsp3) is 0.250. The van der Waals surface area contributed by atoms with E-state index in [0.29, 0.717) is 50.6 Å². The molecular formula is C28H28F2N6O2S. The van der Waals surface area contributed by atoms with Gasteiger partial charge in [-0.15, -0.1) is 0 Å². The smallest absolute Gasteiger partial charge is 0.250 e. The number of carbonyl (C=O) groups excluding carboxylic acids is 1. The summed E-state index contributed by atoms with van der Waals surface area (Å²) in [4.78, 5) is 20.7. The van der Waals surface area contributed by atoms with Gasteiger partial charge in [0.1, 0.15) is 35.1 Å². The first-order valence-electron chi connectivity index (χ1n) is 12.5. The second-order valence-corrected chi connectivity index (χ2v) is 12.2. The SMILES string of the molecule is C=C(C)C(=O)Nc1ccc(F)c(-c2c(-c3ccc(N=S4(=O)CCCCC4)c(F)c3)c3c(N)ncnc3n2C)c1. The highest BCUT2D eigenvalue weighted by molar-refractivity contribution is 7.93. The van der Waals surface area contributed by atoms with Crippen LogP contribution >= 0.6 is 0 Å². The molecule has 8 nitrogen and oxygen atoms in total. The summed E-state index contributed by atoms with van der Waals surface area (Å²) >= 11 is 0. The molecule has 1 saturated heterocycles. The van der Waals surface area contributed by atoms with Crippen LogP contribution in [0.1, 0.15) is 26.2 Å². The van der Waals surface area contributed by atoms with E-state index in [-0.39, 0.29) is 17.1 Å². The number of nitrogens with one attached hydrogen (secondary N) is 1. The number of nitrogen functional groups attached to an aromatic ring is 1. The Morgan fingerprint density at radius 2 is 1.85 bits per heavy atom. The molecule has 0 aliphatic carbocycles. The minimum absolute atomic E-state index is 0.0207. The van der Waals surface area contributed by atoms with Crippen molar-refractivity contribution in [3.05, 3.63) is 66.5 Å². The molecule has 3 N–H and O–H groups in total. The van der Waals surface area contributed by atoms with Gasteiger partial charge >= 0.3 is 0 Å². The van der Waals surface area contributed by atoms with Gasteiger partial charge in [0.25, 0.3) is 5.91 Å². The quantitative estimate of drug-likeness (QED) is 0.298. The Hall–Kier alpha value is -4.12. The van der Waals surface area contributed by atoms with Crippen LogP contribution in [0.25, 0.3) is 33.4 Å². The molecule has 0 atom stereocenters. The minimum atomic E-state index is -2.51. The lowest BCUT2D eigenvalue weighted by atomic mass is 9.97. The van der Waals surface area contributed by atoms with Gasteiger partial charge in [-0.25, -0.2) is 23.0 Å². The van der Waals surface area contributed by atoms with Crippen LogP contribution in [0.15, 0.2) is 59.2 Å². The maximum absolute atomic E-state index is 15.4. The standard InChI is InChI=1S/C28H28F2N6O2S/c1-16(2)28(37)34-18-8-9-20(29)19(14-18)25-23(24-26(31)32-15-33-27(24)36(25)3)17-7-10-22(21(30)13-17)35-39(38)11-5-4-6-12-39/h7-10,13-15H,1,4-6,11-12H2,2-3H3,(H,34,37)(H2,31,32,33). The summed E-state index contributed by atoms with van der Waals surface area (Å²) in [5.74, 6) is -0.577. The van der Waals surface area contributed by atoms with Gasteiger partial charge in [-0.2, -0.15) is 4.36 Å². The number of halogens is 2. The fourth-order valence-electron chi connectivity index (χ4n) is 4.84. The number of hydrogen-bond donors (Lipinski definition) is 2. The predicted molar refractivity (Wildman–Crippen MR) is 151 cm³/mol. The van der Waals surface area contributed by atoms with E-state index in [4.69, 9.17) is 5.73 Å². The summed E-state index contributed by atoms with van der Waals surface area (Å²) in [6.45, 7) is 5.20. The summed E-state index contributed by atoms with van der Waals surface area (Å²) in [6, 6.07) is 8.57. The van der Waals surface area contributed by atoms with Gasteiger partial charge in [0.2, 0.25) is 0 Å². The molecule has 5 rings (SSSR count). The second-order valence-electron chi connectivity index (χ2n) is 9.67. The van der Waals surface area contributed by atoms with Crippen LogP contribution in [-0.2, 0) is 21.6 Å². The number of carbonyl (C=O) groups is 1. The zero-order valence-electron chi connectivity index (χ0n) is 21.6. The van der Waals surface area contributed by atoms with Crippen molar-refractivity contribution in [2.24, 2.45) is 11.4 Å². The molecule has 0 saturated carbocycles. The predicted octanol–water partition coefficient (Wildman–Crippen LogP) is 5.96. The van der Waals surface area contributed by atoms with Crippen molar-refractivity contribution < 1.29 is 17.8 Å². The summed E-state index contributed by atoms with van der Waals surface area (Å²) < 4.78 is 49.9. The highest BCUT2D eigenvalue weighted by Crippen LogP contribution is 2.43. The van der Waals surface area contributed by atoms with Crippen LogP contribution in [0.4, 0.5) is 26.0 Å². The number of amides is 1. The number of rotatable bonds is 5. The van der Waals surface area contributed by atoms with Crippen LogP contribution in [0, 0.1) is 11.6 Å². The van der Waals surface area contributed by atoms with Gasteiger partial charge in [-0.1, -0.05) is 19.1 Å². The first-order chi connectivity index (χ1) is 18.6. The molecule has 0 unspecified atom stereocenters. The van der Waals surface area contributed by atoms with Gasteiger partial charge < -0.3 is 15.6 Å². The van der Waals surface area contributed by atoms with E-state index in [1.165, 1.54) is 36.7 Å². The summed E-state index contributed by atoms with van der Waals surface area (Å²) in [6.07, 6.45) is 3.90. The Labute approximate surface area is 225 Å². The highest BCUT2D eigenvalue weighted by atomic mass is 32.2. The average Bonchev–Trinajstić information content (AvgIpc) is 3.20. The van der Waals surface area contributed by atoms with E-state index in [1.54, 1.807) is 24.6 Å². The number of anilines is 2. The maximum atomic E-state index is 15.4. The van der Waals surface area contributed by atoms with Crippen molar-refractivity contribution in [2.75, 3.05) is 22.6 Å². The molecule has 1 fully saturated rings. The third-order valence-corrected chi connectivity index (χ3v) is 9.17. The Kier molecular flexibility index (Phi) is 6.94. The number of aryl methyl sites for hydroxylation is 1. The number of nitrogens with zero attached hydrogens (tertiary/aromatic N) is 4. The van der Waals surface area contributed by atoms with Crippen LogP contribution in [0.2, 0.25) is 0 Å². The molecule has 1 amide bonds. The van der Waals surface area contributed by atoms with Crippen molar-refractivity contribution in [1.82, 2.24) is 14.5 Å². The van der Waals surface area contributed by atoms with Gasteiger partial charge in [0, 0.05) is 40.9 Å². The maximum Gasteiger partial charge on any atom is 0.250 e. The minimum Gasteiger partial charge on any atom is -0.383 e. The summed E-state index contributed by atoms with van der Waals surface area (Å²) in [7, 11) is -0.813. The summed E-state index contributed by atoms with van der Waals surface area (Å²) in [5, 5.41) is 3.12. The van der Waals surface area contributed by atoms with Gasteiger partial charge in [0.05, 0.1) is 20.8 Å². The van der Waals surface area contributed by atoms with Crippen LogP contribution < -0.4 is 11.1 Å². The molecule has 3 heterocycles. The van der Waals surface area contributed by atoms with E-state index >= 15 is 8.78 Å². The number of aromatic nitrogens is 3. The number of hydrogen-bond acceptors (Lipinski definition) is 6. The molecule has 1 aliphatic heterocycles. The molecule has 11 heteroatoms. The average molecular weight is 551 g/mol. The lowest BCUT2D eigenvalue weighted by Gasteiger charge is -2.15. The Balaban J connectivity index is 1.72. The third-order valence-electron chi connectivity index (χ3n) is 6.79. The largest absolute Gasteiger partial charge is 0.383 e. The molecule has 2 aromatic carbocycles. The number of nitrogens with two attached hydrogens (primary N) is 1. The molecule has 4 aromatic rings. The molecule has 0 spiro atoms. The molecule has 0 bridgehead atoms. The van der Waals surface area contributed by atoms with E-state index in [1.807, 2.05) is 0 Å². The first-order valence-corrected chi connectivity index (χ1v) is 14.3. The van der Waals surface area contributed by atoms with E-state index in [2.05, 4.69) is 26.2 Å². The lowest BCUT2D eigenvalue weighted by molar-refractivity contribution is -0.112. The lowest BCUT2D eigenvalue weighted by Crippen LogP contribution is -2.15. The molecule has 0 radical (unpaired) electrons. The van der Waals surface area contributed by atoms with Crippen molar-refractivity contribution in [1.29, 1.82) is 0 Å². The Bertz CT molecular complexity index is 1760. The molecule has 2 aromatic heterocycles. The van der Waals surface area contributed by atoms with E-state index in [9.17, 15) is 9.00 Å². The molecule has 202 valence electrons. The van der Waals surface area contributed by atoms with Crippen LogP contribution in [0.5, 0.6) is 0 Å². The van der Waals surface area contributed by atoms with Gasteiger partial charge in [-0.3, -0.25) is 4.79 Å².